The van der Waals surface area contributed by atoms with E-state index in [2.05, 4.69) is 15.5 Å². The van der Waals surface area contributed by atoms with Crippen LogP contribution >= 0.6 is 23.4 Å². The SMILES string of the molecule is CCn1c(SCC(=O)Nc2ccc(C)cc2)nnc1C(C)Oc1cccc(Cl)c1. The fourth-order valence-corrected chi connectivity index (χ4v) is 3.76. The molecule has 0 radical (unpaired) electrons. The average Bonchev–Trinajstić information content (AvgIpc) is 3.11. The highest BCUT2D eigenvalue weighted by Crippen LogP contribution is 2.26. The van der Waals surface area contributed by atoms with E-state index in [1.165, 1.54) is 11.8 Å². The van der Waals surface area contributed by atoms with Gasteiger partial charge >= 0.3 is 0 Å². The molecule has 1 atom stereocenters. The van der Waals surface area contributed by atoms with Crippen LogP contribution in [0.2, 0.25) is 5.02 Å². The zero-order valence-corrected chi connectivity index (χ0v) is 18.1. The van der Waals surface area contributed by atoms with E-state index in [1.54, 1.807) is 12.1 Å². The van der Waals surface area contributed by atoms with Gasteiger partial charge in [0.15, 0.2) is 17.1 Å². The van der Waals surface area contributed by atoms with Crippen LogP contribution in [0.4, 0.5) is 5.69 Å². The number of carbonyl (C=O) groups is 1. The van der Waals surface area contributed by atoms with Crippen LogP contribution in [0.5, 0.6) is 5.75 Å². The Hall–Kier alpha value is -2.51. The number of amides is 1. The third-order valence-corrected chi connectivity index (χ3v) is 5.40. The molecule has 1 heterocycles. The normalized spacial score (nSPS) is 11.9. The third kappa shape index (κ3) is 5.74. The lowest BCUT2D eigenvalue weighted by atomic mass is 10.2. The van der Waals surface area contributed by atoms with Crippen molar-refractivity contribution in [1.82, 2.24) is 14.8 Å². The number of hydrogen-bond acceptors (Lipinski definition) is 5. The summed E-state index contributed by atoms with van der Waals surface area (Å²) >= 11 is 7.37. The van der Waals surface area contributed by atoms with Gasteiger partial charge < -0.3 is 14.6 Å². The van der Waals surface area contributed by atoms with Gasteiger partial charge in [-0.25, -0.2) is 0 Å². The van der Waals surface area contributed by atoms with Crippen LogP contribution in [0.3, 0.4) is 0 Å². The molecule has 3 rings (SSSR count). The lowest BCUT2D eigenvalue weighted by molar-refractivity contribution is -0.113. The van der Waals surface area contributed by atoms with Gasteiger partial charge in [0.05, 0.1) is 5.75 Å². The zero-order chi connectivity index (χ0) is 20.8. The van der Waals surface area contributed by atoms with E-state index in [9.17, 15) is 4.79 Å². The molecule has 8 heteroatoms. The van der Waals surface area contributed by atoms with E-state index in [1.807, 2.05) is 61.7 Å². The molecule has 2 aromatic carbocycles. The standard InChI is InChI=1S/C21H23ClN4O2S/c1-4-26-20(15(3)28-18-7-5-6-16(22)12-18)24-25-21(26)29-13-19(27)23-17-10-8-14(2)9-11-17/h5-12,15H,4,13H2,1-3H3,(H,23,27). The molecule has 0 fully saturated rings. The lowest BCUT2D eigenvalue weighted by Gasteiger charge is -2.15. The molecule has 0 aliphatic rings. The van der Waals surface area contributed by atoms with Gasteiger partial charge in [0.1, 0.15) is 5.75 Å². The van der Waals surface area contributed by atoms with E-state index in [4.69, 9.17) is 16.3 Å². The smallest absolute Gasteiger partial charge is 0.234 e. The molecule has 1 unspecified atom stereocenters. The number of aromatic nitrogens is 3. The second kappa shape index (κ2) is 9.80. The molecule has 1 amide bonds. The molecular weight excluding hydrogens is 408 g/mol. The Morgan fingerprint density at radius 1 is 1.24 bits per heavy atom. The summed E-state index contributed by atoms with van der Waals surface area (Å²) in [5, 5.41) is 12.7. The summed E-state index contributed by atoms with van der Waals surface area (Å²) < 4.78 is 7.91. The summed E-state index contributed by atoms with van der Waals surface area (Å²) in [4.78, 5) is 12.3. The van der Waals surface area contributed by atoms with E-state index < -0.39 is 0 Å². The molecule has 0 aliphatic heterocycles. The first-order valence-corrected chi connectivity index (χ1v) is 10.7. The number of carbonyl (C=O) groups excluding carboxylic acids is 1. The van der Waals surface area contributed by atoms with Gasteiger partial charge in [-0.3, -0.25) is 4.79 Å². The second-order valence-electron chi connectivity index (χ2n) is 6.51. The molecule has 6 nitrogen and oxygen atoms in total. The molecule has 1 aromatic heterocycles. The minimum absolute atomic E-state index is 0.0886. The first-order valence-electron chi connectivity index (χ1n) is 9.31. The first kappa shape index (κ1) is 21.2. The topological polar surface area (TPSA) is 69.0 Å². The minimum Gasteiger partial charge on any atom is -0.483 e. The number of rotatable bonds is 8. The van der Waals surface area contributed by atoms with Crippen LogP contribution < -0.4 is 10.1 Å². The molecule has 29 heavy (non-hydrogen) atoms. The van der Waals surface area contributed by atoms with Crippen LogP contribution in [0.15, 0.2) is 53.7 Å². The summed E-state index contributed by atoms with van der Waals surface area (Å²) in [6.45, 7) is 6.60. The molecule has 3 aromatic rings. The predicted octanol–water partition coefficient (Wildman–Crippen LogP) is 5.13. The van der Waals surface area contributed by atoms with E-state index in [-0.39, 0.29) is 17.8 Å². The number of thioether (sulfide) groups is 1. The molecule has 0 saturated heterocycles. The van der Waals surface area contributed by atoms with Crippen LogP contribution in [0, 0.1) is 6.92 Å². The van der Waals surface area contributed by atoms with E-state index in [0.29, 0.717) is 28.3 Å². The molecule has 0 spiro atoms. The molecule has 152 valence electrons. The van der Waals surface area contributed by atoms with Crippen LogP contribution in [0.1, 0.15) is 31.3 Å². The zero-order valence-electron chi connectivity index (χ0n) is 16.6. The molecule has 0 saturated carbocycles. The fraction of sp³-hybridized carbons (Fsp3) is 0.286. The van der Waals surface area contributed by atoms with Crippen molar-refractivity contribution < 1.29 is 9.53 Å². The highest BCUT2D eigenvalue weighted by molar-refractivity contribution is 7.99. The van der Waals surface area contributed by atoms with Crippen molar-refractivity contribution >= 4 is 35.0 Å². The van der Waals surface area contributed by atoms with Gasteiger partial charge in [0, 0.05) is 17.3 Å². The third-order valence-electron chi connectivity index (χ3n) is 4.20. The molecular formula is C21H23ClN4O2S. The maximum absolute atomic E-state index is 12.3. The van der Waals surface area contributed by atoms with Crippen molar-refractivity contribution in [2.24, 2.45) is 0 Å². The Labute approximate surface area is 179 Å². The summed E-state index contributed by atoms with van der Waals surface area (Å²) in [6.07, 6.45) is -0.309. The van der Waals surface area contributed by atoms with Crippen LogP contribution in [-0.2, 0) is 11.3 Å². The quantitative estimate of drug-likeness (QED) is 0.501. The number of aryl methyl sites for hydroxylation is 1. The van der Waals surface area contributed by atoms with Gasteiger partial charge in [0.25, 0.3) is 0 Å². The Morgan fingerprint density at radius 2 is 2.00 bits per heavy atom. The Bertz CT molecular complexity index is 975. The number of hydrogen-bond donors (Lipinski definition) is 1. The van der Waals surface area contributed by atoms with Crippen molar-refractivity contribution in [2.75, 3.05) is 11.1 Å². The lowest BCUT2D eigenvalue weighted by Crippen LogP contribution is -2.15. The maximum Gasteiger partial charge on any atom is 0.234 e. The van der Waals surface area contributed by atoms with Crippen LogP contribution in [-0.4, -0.2) is 26.4 Å². The fourth-order valence-electron chi connectivity index (χ4n) is 2.77. The minimum atomic E-state index is -0.309. The highest BCUT2D eigenvalue weighted by atomic mass is 35.5. The van der Waals surface area contributed by atoms with Gasteiger partial charge in [-0.2, -0.15) is 0 Å². The monoisotopic (exact) mass is 430 g/mol. The summed E-state index contributed by atoms with van der Waals surface area (Å²) in [6, 6.07) is 14.9. The highest BCUT2D eigenvalue weighted by Gasteiger charge is 2.19. The van der Waals surface area contributed by atoms with Crippen molar-refractivity contribution in [3.8, 4) is 5.75 Å². The second-order valence-corrected chi connectivity index (χ2v) is 7.88. The van der Waals surface area contributed by atoms with E-state index in [0.717, 1.165) is 11.3 Å². The Balaban J connectivity index is 1.62. The summed E-state index contributed by atoms with van der Waals surface area (Å²) in [5.74, 6) is 1.53. The number of nitrogens with zero attached hydrogens (tertiary/aromatic N) is 3. The predicted molar refractivity (Wildman–Crippen MR) is 117 cm³/mol. The van der Waals surface area contributed by atoms with Crippen molar-refractivity contribution in [1.29, 1.82) is 0 Å². The molecule has 0 bridgehead atoms. The van der Waals surface area contributed by atoms with Crippen molar-refractivity contribution in [2.45, 2.75) is 38.6 Å². The largest absolute Gasteiger partial charge is 0.483 e. The molecule has 1 N–H and O–H groups in total. The van der Waals surface area contributed by atoms with Crippen molar-refractivity contribution in [3.05, 3.63) is 64.9 Å². The average molecular weight is 431 g/mol. The number of benzene rings is 2. The van der Waals surface area contributed by atoms with E-state index >= 15 is 0 Å². The molecule has 0 aliphatic carbocycles. The number of halogens is 1. The van der Waals surface area contributed by atoms with Gasteiger partial charge in [-0.05, 0) is 51.1 Å². The van der Waals surface area contributed by atoms with Crippen molar-refractivity contribution in [3.63, 3.8) is 0 Å². The number of ether oxygens (including phenoxy) is 1. The number of nitrogens with one attached hydrogen (secondary N) is 1. The van der Waals surface area contributed by atoms with Gasteiger partial charge in [0.2, 0.25) is 5.91 Å². The number of anilines is 1. The maximum atomic E-state index is 12.3. The van der Waals surface area contributed by atoms with Gasteiger partial charge in [-0.15, -0.1) is 10.2 Å². The van der Waals surface area contributed by atoms with Crippen LogP contribution in [0.25, 0.3) is 0 Å². The van der Waals surface area contributed by atoms with Gasteiger partial charge in [-0.1, -0.05) is 47.1 Å². The first-order chi connectivity index (χ1) is 14.0. The summed E-state index contributed by atoms with van der Waals surface area (Å²) in [5.41, 5.74) is 1.93. The Kier molecular flexibility index (Phi) is 7.17. The Morgan fingerprint density at radius 3 is 2.69 bits per heavy atom. The summed E-state index contributed by atoms with van der Waals surface area (Å²) in [7, 11) is 0.